The Labute approximate surface area is 115 Å². The Morgan fingerprint density at radius 3 is 1.56 bits per heavy atom. The van der Waals surface area contributed by atoms with Crippen LogP contribution in [-0.4, -0.2) is 5.54 Å². The number of rotatable bonds is 3. The average molecular weight is 306 g/mol. The van der Waals surface area contributed by atoms with Gasteiger partial charge in [-0.2, -0.15) is 0 Å². The summed E-state index contributed by atoms with van der Waals surface area (Å²) in [4.78, 5) is 23.4. The molecule has 0 aliphatic heterocycles. The van der Waals surface area contributed by atoms with Gasteiger partial charge in [0.05, 0.1) is 0 Å². The standard InChI is InChI=1S/C11H21N2O2P3/c1-10(2,3)11(4,5)12(16)6-7(13(17)18)9(15)8(6)14/h16-18H2,1-5H3. The summed E-state index contributed by atoms with van der Waals surface area (Å²) in [6, 6.07) is 0. The molecule has 7 heteroatoms. The van der Waals surface area contributed by atoms with Crippen LogP contribution in [0, 0.1) is 5.41 Å². The molecule has 1 aromatic carbocycles. The molecule has 0 aliphatic carbocycles. The van der Waals surface area contributed by atoms with Crippen molar-refractivity contribution in [3.05, 3.63) is 20.4 Å². The van der Waals surface area contributed by atoms with Crippen molar-refractivity contribution in [2.24, 2.45) is 5.41 Å². The van der Waals surface area contributed by atoms with Crippen molar-refractivity contribution in [1.82, 2.24) is 0 Å². The van der Waals surface area contributed by atoms with Crippen molar-refractivity contribution >= 4 is 39.5 Å². The number of hydrogen-bond acceptors (Lipinski definition) is 4. The maximum Gasteiger partial charge on any atom is 0.253 e. The van der Waals surface area contributed by atoms with Crippen molar-refractivity contribution in [3.63, 3.8) is 0 Å². The van der Waals surface area contributed by atoms with E-state index in [0.29, 0.717) is 11.4 Å². The second-order valence-electron chi connectivity index (χ2n) is 5.94. The summed E-state index contributed by atoms with van der Waals surface area (Å²) in [6.45, 7) is 10.4. The lowest BCUT2D eigenvalue weighted by Gasteiger charge is -2.47. The second-order valence-corrected chi connectivity index (χ2v) is 8.17. The third-order valence-corrected chi connectivity index (χ3v) is 5.22. The Morgan fingerprint density at radius 1 is 0.833 bits per heavy atom. The van der Waals surface area contributed by atoms with E-state index >= 15 is 0 Å². The predicted octanol–water partition coefficient (Wildman–Crippen LogP) is 2.09. The Morgan fingerprint density at radius 2 is 1.22 bits per heavy atom. The number of anilines is 2. The Balaban J connectivity index is 3.30. The van der Waals surface area contributed by atoms with Gasteiger partial charge in [-0.3, -0.25) is 9.59 Å². The second kappa shape index (κ2) is 4.82. The summed E-state index contributed by atoms with van der Waals surface area (Å²) in [5.41, 5.74) is -0.310. The molecule has 3 atom stereocenters. The van der Waals surface area contributed by atoms with E-state index in [1.165, 1.54) is 4.44 Å². The predicted molar refractivity (Wildman–Crippen MR) is 89.0 cm³/mol. The van der Waals surface area contributed by atoms with Crippen LogP contribution in [0.5, 0.6) is 0 Å². The van der Waals surface area contributed by atoms with Gasteiger partial charge < -0.3 is 9.11 Å². The number of hydrogen-bond donors (Lipinski definition) is 0. The summed E-state index contributed by atoms with van der Waals surface area (Å²) in [5, 5.41) is 0. The van der Waals surface area contributed by atoms with Gasteiger partial charge in [-0.25, -0.2) is 0 Å². The molecular formula is C11H21N2O2P3. The Kier molecular flexibility index (Phi) is 4.29. The molecule has 0 spiro atoms. The normalized spacial score (nSPS) is 12.9. The monoisotopic (exact) mass is 306 g/mol. The zero-order chi connectivity index (χ0) is 14.5. The topological polar surface area (TPSA) is 40.6 Å². The largest absolute Gasteiger partial charge is 0.345 e. The average Bonchev–Trinajstić information content (AvgIpc) is 2.20. The molecule has 0 radical (unpaired) electrons. The molecule has 4 nitrogen and oxygen atoms in total. The van der Waals surface area contributed by atoms with Crippen LogP contribution in [0.1, 0.15) is 34.6 Å². The minimum atomic E-state index is -0.438. The molecule has 1 aromatic rings. The quantitative estimate of drug-likeness (QED) is 0.633. The van der Waals surface area contributed by atoms with E-state index in [0.717, 1.165) is 0 Å². The summed E-state index contributed by atoms with van der Waals surface area (Å²) in [5.74, 6) is 0. The van der Waals surface area contributed by atoms with Crippen LogP contribution in [-0.2, 0) is 0 Å². The SMILES string of the molecule is CC(C)(C)C(C)(C)N(P)c1c(N(P)P)c(=O)c1=O. The molecule has 0 aromatic heterocycles. The molecule has 18 heavy (non-hydrogen) atoms. The van der Waals surface area contributed by atoms with Crippen LogP contribution >= 0.6 is 28.2 Å². The molecule has 0 saturated heterocycles. The van der Waals surface area contributed by atoms with E-state index < -0.39 is 10.9 Å². The van der Waals surface area contributed by atoms with Crippen molar-refractivity contribution in [2.75, 3.05) is 9.11 Å². The minimum absolute atomic E-state index is 0.0433. The van der Waals surface area contributed by atoms with E-state index in [1.807, 2.05) is 4.67 Å². The van der Waals surface area contributed by atoms with Gasteiger partial charge >= 0.3 is 0 Å². The fourth-order valence-corrected chi connectivity index (χ4v) is 2.58. The first-order valence-electron chi connectivity index (χ1n) is 5.60. The van der Waals surface area contributed by atoms with Crippen LogP contribution in [0.4, 0.5) is 11.4 Å². The van der Waals surface area contributed by atoms with Crippen LogP contribution in [0.2, 0.25) is 0 Å². The molecular weight excluding hydrogens is 285 g/mol. The molecule has 0 heterocycles. The zero-order valence-electron chi connectivity index (χ0n) is 11.4. The third-order valence-electron chi connectivity index (χ3n) is 3.80. The van der Waals surface area contributed by atoms with Gasteiger partial charge in [0, 0.05) is 5.54 Å². The van der Waals surface area contributed by atoms with Gasteiger partial charge in [0.2, 0.25) is 0 Å². The van der Waals surface area contributed by atoms with Gasteiger partial charge in [-0.1, -0.05) is 20.8 Å². The minimum Gasteiger partial charge on any atom is -0.345 e. The molecule has 0 bridgehead atoms. The lowest BCUT2D eigenvalue weighted by atomic mass is 9.76. The van der Waals surface area contributed by atoms with Gasteiger partial charge in [0.25, 0.3) is 10.9 Å². The smallest absolute Gasteiger partial charge is 0.253 e. The van der Waals surface area contributed by atoms with Gasteiger partial charge in [0.15, 0.2) is 0 Å². The van der Waals surface area contributed by atoms with E-state index in [-0.39, 0.29) is 11.0 Å². The summed E-state index contributed by atoms with van der Waals surface area (Å²) >= 11 is 0. The van der Waals surface area contributed by atoms with E-state index in [4.69, 9.17) is 0 Å². The van der Waals surface area contributed by atoms with E-state index in [1.54, 1.807) is 0 Å². The van der Waals surface area contributed by atoms with Gasteiger partial charge in [0.1, 0.15) is 11.4 Å². The zero-order valence-corrected chi connectivity index (χ0v) is 14.9. The molecule has 1 rings (SSSR count). The first kappa shape index (κ1) is 16.0. The van der Waals surface area contributed by atoms with Crippen molar-refractivity contribution in [2.45, 2.75) is 40.2 Å². The highest BCUT2D eigenvalue weighted by Gasteiger charge is 2.41. The molecule has 102 valence electrons. The number of nitrogens with zero attached hydrogens (tertiary/aromatic N) is 2. The molecule has 3 unspecified atom stereocenters. The molecule has 0 fully saturated rings. The third kappa shape index (κ3) is 2.36. The lowest BCUT2D eigenvalue weighted by Crippen LogP contribution is -2.53. The maximum absolute atomic E-state index is 11.8. The van der Waals surface area contributed by atoms with Crippen molar-refractivity contribution < 1.29 is 0 Å². The van der Waals surface area contributed by atoms with Crippen LogP contribution in [0.25, 0.3) is 0 Å². The molecule has 0 N–H and O–H groups in total. The first-order chi connectivity index (χ1) is 7.93. The Bertz CT molecular complexity index is 525. The van der Waals surface area contributed by atoms with Gasteiger partial charge in [-0.05, 0) is 47.4 Å². The Hall–Kier alpha value is -0.0300. The highest BCUT2D eigenvalue weighted by Crippen LogP contribution is 2.43. The van der Waals surface area contributed by atoms with Crippen LogP contribution in [0.15, 0.2) is 9.59 Å². The molecule has 0 saturated carbocycles. The lowest BCUT2D eigenvalue weighted by molar-refractivity contribution is 0.237. The maximum atomic E-state index is 11.8. The highest BCUT2D eigenvalue weighted by molar-refractivity contribution is 7.39. The van der Waals surface area contributed by atoms with Crippen molar-refractivity contribution in [3.8, 4) is 0 Å². The summed E-state index contributed by atoms with van der Waals surface area (Å²) in [7, 11) is 7.33. The van der Waals surface area contributed by atoms with Gasteiger partial charge in [-0.15, -0.1) is 0 Å². The van der Waals surface area contributed by atoms with Crippen LogP contribution < -0.4 is 20.0 Å². The fourth-order valence-electron chi connectivity index (χ4n) is 1.47. The summed E-state index contributed by atoms with van der Waals surface area (Å²) < 4.78 is 3.36. The van der Waals surface area contributed by atoms with Crippen LogP contribution in [0.3, 0.4) is 0 Å². The summed E-state index contributed by atoms with van der Waals surface area (Å²) in [6.07, 6.45) is 0. The van der Waals surface area contributed by atoms with E-state index in [9.17, 15) is 9.59 Å². The highest BCUT2D eigenvalue weighted by atomic mass is 31.1. The van der Waals surface area contributed by atoms with E-state index in [2.05, 4.69) is 62.8 Å². The fraction of sp³-hybridized carbons (Fsp3) is 0.636. The van der Waals surface area contributed by atoms with Crippen molar-refractivity contribution in [1.29, 1.82) is 0 Å². The molecule has 0 amide bonds. The molecule has 0 aliphatic rings. The first-order valence-corrected chi connectivity index (χ1v) is 7.15.